The van der Waals surface area contributed by atoms with Gasteiger partial charge in [-0.15, -0.1) is 0 Å². The minimum atomic E-state index is -1.10. The molecular weight excluding hydrogens is 317 g/mol. The molecule has 1 unspecified atom stereocenters. The van der Waals surface area contributed by atoms with Crippen molar-refractivity contribution < 1.29 is 14.2 Å². The standard InChI is InChI=1S/C16H24FN3O4/c1-6-15(3,4)10-16(5,7-2)18-12-8-11(17)13(19(21)22)9-14(12)20(23)24/h8-9,18H,6-7,10H2,1-5H3. The van der Waals surface area contributed by atoms with Crippen molar-refractivity contribution in [1.82, 2.24) is 0 Å². The molecule has 8 heteroatoms. The lowest BCUT2D eigenvalue weighted by Gasteiger charge is -2.38. The Bertz CT molecular complexity index is 648. The Labute approximate surface area is 140 Å². The zero-order chi connectivity index (χ0) is 18.7. The van der Waals surface area contributed by atoms with E-state index in [1.165, 1.54) is 0 Å². The van der Waals surface area contributed by atoms with Gasteiger partial charge in [0, 0.05) is 11.6 Å². The number of nitro groups is 2. The fraction of sp³-hybridized carbons (Fsp3) is 0.625. The largest absolute Gasteiger partial charge is 0.374 e. The van der Waals surface area contributed by atoms with Gasteiger partial charge in [-0.2, -0.15) is 4.39 Å². The van der Waals surface area contributed by atoms with Gasteiger partial charge in [0.05, 0.1) is 15.9 Å². The molecule has 0 aliphatic carbocycles. The van der Waals surface area contributed by atoms with E-state index in [1.807, 2.05) is 13.8 Å². The fourth-order valence-corrected chi connectivity index (χ4v) is 2.71. The van der Waals surface area contributed by atoms with E-state index < -0.39 is 32.6 Å². The second kappa shape index (κ2) is 7.11. The molecule has 7 nitrogen and oxygen atoms in total. The highest BCUT2D eigenvalue weighted by molar-refractivity contribution is 5.66. The molecular formula is C16H24FN3O4. The number of nitrogens with zero attached hydrogens (tertiary/aromatic N) is 2. The van der Waals surface area contributed by atoms with Crippen molar-refractivity contribution in [3.8, 4) is 0 Å². The molecule has 0 radical (unpaired) electrons. The van der Waals surface area contributed by atoms with Crippen molar-refractivity contribution in [2.45, 2.75) is 59.4 Å². The second-order valence-electron chi connectivity index (χ2n) is 7.07. The van der Waals surface area contributed by atoms with Crippen LogP contribution >= 0.6 is 0 Å². The van der Waals surface area contributed by atoms with Crippen molar-refractivity contribution in [3.05, 3.63) is 38.2 Å². The van der Waals surface area contributed by atoms with Gasteiger partial charge in [-0.3, -0.25) is 20.2 Å². The van der Waals surface area contributed by atoms with Gasteiger partial charge >= 0.3 is 5.69 Å². The maximum Gasteiger partial charge on any atom is 0.311 e. The number of benzene rings is 1. The topological polar surface area (TPSA) is 98.3 Å². The normalized spacial score (nSPS) is 14.1. The summed E-state index contributed by atoms with van der Waals surface area (Å²) in [4.78, 5) is 20.3. The molecule has 0 amide bonds. The van der Waals surface area contributed by atoms with Gasteiger partial charge in [0.25, 0.3) is 5.69 Å². The van der Waals surface area contributed by atoms with E-state index in [0.29, 0.717) is 18.9 Å². The molecule has 1 N–H and O–H groups in total. The van der Waals surface area contributed by atoms with E-state index in [9.17, 15) is 24.6 Å². The highest BCUT2D eigenvalue weighted by Gasteiger charge is 2.33. The summed E-state index contributed by atoms with van der Waals surface area (Å²) < 4.78 is 13.9. The van der Waals surface area contributed by atoms with Gasteiger partial charge in [-0.1, -0.05) is 34.1 Å². The van der Waals surface area contributed by atoms with Crippen molar-refractivity contribution in [2.75, 3.05) is 5.32 Å². The molecule has 1 atom stereocenters. The molecule has 0 spiro atoms. The smallest absolute Gasteiger partial charge is 0.311 e. The van der Waals surface area contributed by atoms with Gasteiger partial charge < -0.3 is 5.32 Å². The van der Waals surface area contributed by atoms with E-state index in [1.54, 1.807) is 0 Å². The average molecular weight is 341 g/mol. The molecule has 1 rings (SSSR count). The molecule has 0 aliphatic rings. The Morgan fingerprint density at radius 2 is 1.58 bits per heavy atom. The lowest BCUT2D eigenvalue weighted by Crippen LogP contribution is -2.39. The van der Waals surface area contributed by atoms with Crippen LogP contribution in [0.2, 0.25) is 0 Å². The van der Waals surface area contributed by atoms with Gasteiger partial charge in [-0.05, 0) is 25.2 Å². The quantitative estimate of drug-likeness (QED) is 0.527. The molecule has 0 aliphatic heterocycles. The van der Waals surface area contributed by atoms with Gasteiger partial charge in [0.15, 0.2) is 0 Å². The fourth-order valence-electron chi connectivity index (χ4n) is 2.71. The molecule has 0 aromatic heterocycles. The molecule has 0 heterocycles. The van der Waals surface area contributed by atoms with Crippen LogP contribution in [0.5, 0.6) is 0 Å². The molecule has 0 saturated carbocycles. The Hall–Kier alpha value is -2.25. The first-order chi connectivity index (χ1) is 10.9. The monoisotopic (exact) mass is 341 g/mol. The average Bonchev–Trinajstić information content (AvgIpc) is 2.46. The third-order valence-corrected chi connectivity index (χ3v) is 4.50. The third kappa shape index (κ3) is 4.62. The highest BCUT2D eigenvalue weighted by atomic mass is 19.1. The molecule has 0 bridgehead atoms. The summed E-state index contributed by atoms with van der Waals surface area (Å²) in [7, 11) is 0. The molecule has 0 saturated heterocycles. The summed E-state index contributed by atoms with van der Waals surface area (Å²) in [5.74, 6) is -1.10. The zero-order valence-corrected chi connectivity index (χ0v) is 14.7. The Morgan fingerprint density at radius 3 is 2.00 bits per heavy atom. The van der Waals surface area contributed by atoms with E-state index >= 15 is 0 Å². The van der Waals surface area contributed by atoms with Crippen molar-refractivity contribution in [3.63, 3.8) is 0 Å². The zero-order valence-electron chi connectivity index (χ0n) is 14.7. The third-order valence-electron chi connectivity index (χ3n) is 4.50. The molecule has 134 valence electrons. The maximum atomic E-state index is 13.9. The number of halogens is 1. The molecule has 1 aromatic rings. The van der Waals surface area contributed by atoms with Crippen LogP contribution in [-0.4, -0.2) is 15.4 Å². The number of hydrogen-bond acceptors (Lipinski definition) is 5. The number of hydrogen-bond donors (Lipinski definition) is 1. The summed E-state index contributed by atoms with van der Waals surface area (Å²) in [5.41, 5.74) is -1.96. The summed E-state index contributed by atoms with van der Waals surface area (Å²) >= 11 is 0. The van der Waals surface area contributed by atoms with Crippen LogP contribution in [0.15, 0.2) is 12.1 Å². The van der Waals surface area contributed by atoms with E-state index in [4.69, 9.17) is 0 Å². The maximum absolute atomic E-state index is 13.9. The lowest BCUT2D eigenvalue weighted by molar-refractivity contribution is -0.395. The number of nitrogens with one attached hydrogen (secondary N) is 1. The van der Waals surface area contributed by atoms with Crippen LogP contribution in [-0.2, 0) is 0 Å². The van der Waals surface area contributed by atoms with Crippen molar-refractivity contribution in [2.24, 2.45) is 5.41 Å². The first kappa shape index (κ1) is 19.8. The summed E-state index contributed by atoms with van der Waals surface area (Å²) in [6.45, 7) is 10.1. The van der Waals surface area contributed by atoms with Crippen LogP contribution in [0.3, 0.4) is 0 Å². The summed E-state index contributed by atoms with van der Waals surface area (Å²) in [5, 5.41) is 25.1. The highest BCUT2D eigenvalue weighted by Crippen LogP contribution is 2.38. The first-order valence-corrected chi connectivity index (χ1v) is 7.85. The van der Waals surface area contributed by atoms with Crippen LogP contribution in [0, 0.1) is 31.5 Å². The first-order valence-electron chi connectivity index (χ1n) is 7.85. The lowest BCUT2D eigenvalue weighted by atomic mass is 9.76. The van der Waals surface area contributed by atoms with Crippen molar-refractivity contribution in [1.29, 1.82) is 0 Å². The van der Waals surface area contributed by atoms with E-state index in [-0.39, 0.29) is 11.1 Å². The molecule has 1 aromatic carbocycles. The summed E-state index contributed by atoms with van der Waals surface area (Å²) in [6, 6.07) is 1.50. The minimum absolute atomic E-state index is 0.00807. The predicted octanol–water partition coefficient (Wildman–Crippen LogP) is 5.05. The molecule has 0 fully saturated rings. The second-order valence-corrected chi connectivity index (χ2v) is 7.07. The number of anilines is 1. The van der Waals surface area contributed by atoms with Crippen LogP contribution < -0.4 is 5.32 Å². The SMILES string of the molecule is CCC(C)(C)CC(C)(CC)Nc1cc(F)c([N+](=O)[O-])cc1[N+](=O)[O-]. The van der Waals surface area contributed by atoms with Crippen LogP contribution in [0.25, 0.3) is 0 Å². The van der Waals surface area contributed by atoms with E-state index in [2.05, 4.69) is 26.1 Å². The Kier molecular flexibility index (Phi) is 5.86. The molecule has 24 heavy (non-hydrogen) atoms. The van der Waals surface area contributed by atoms with Crippen LogP contribution in [0.1, 0.15) is 53.9 Å². The minimum Gasteiger partial charge on any atom is -0.374 e. The van der Waals surface area contributed by atoms with Gasteiger partial charge in [0.2, 0.25) is 5.82 Å². The predicted molar refractivity (Wildman–Crippen MR) is 90.7 cm³/mol. The van der Waals surface area contributed by atoms with Crippen LogP contribution in [0.4, 0.5) is 21.5 Å². The van der Waals surface area contributed by atoms with Gasteiger partial charge in [-0.25, -0.2) is 0 Å². The van der Waals surface area contributed by atoms with E-state index in [0.717, 1.165) is 12.5 Å². The van der Waals surface area contributed by atoms with Gasteiger partial charge in [0.1, 0.15) is 5.69 Å². The number of rotatable bonds is 8. The number of nitro benzene ring substituents is 2. The Morgan fingerprint density at radius 1 is 1.04 bits per heavy atom. The van der Waals surface area contributed by atoms with Crippen molar-refractivity contribution >= 4 is 17.1 Å². The summed E-state index contributed by atoms with van der Waals surface area (Å²) in [6.07, 6.45) is 2.29. The Balaban J connectivity index is 3.32.